The molecule has 37 heavy (non-hydrogen) atoms. The molecule has 0 saturated carbocycles. The first-order valence-corrected chi connectivity index (χ1v) is 11.9. The molecule has 2 amide bonds. The number of hydrogen-bond donors (Lipinski definition) is 2. The van der Waals surface area contributed by atoms with Crippen LogP contribution in [0.2, 0.25) is 0 Å². The van der Waals surface area contributed by atoms with Crippen molar-refractivity contribution in [1.82, 2.24) is 10.6 Å². The van der Waals surface area contributed by atoms with Gasteiger partial charge in [-0.1, -0.05) is 6.07 Å². The summed E-state index contributed by atoms with van der Waals surface area (Å²) in [6.07, 6.45) is 2.94. The maximum absolute atomic E-state index is 13.3. The molecule has 1 heterocycles. The third kappa shape index (κ3) is 7.07. The van der Waals surface area contributed by atoms with E-state index >= 15 is 0 Å². The van der Waals surface area contributed by atoms with Gasteiger partial charge in [0.05, 0.1) is 39.7 Å². The fourth-order valence-corrected chi connectivity index (χ4v) is 3.54. The van der Waals surface area contributed by atoms with Crippen LogP contribution in [0.5, 0.6) is 23.0 Å². The number of amides is 2. The summed E-state index contributed by atoms with van der Waals surface area (Å²) >= 11 is 0. The van der Waals surface area contributed by atoms with Gasteiger partial charge in [0.2, 0.25) is 0 Å². The van der Waals surface area contributed by atoms with Crippen molar-refractivity contribution in [2.24, 2.45) is 0 Å². The molecule has 0 radical (unpaired) electrons. The van der Waals surface area contributed by atoms with Crippen LogP contribution < -0.4 is 29.6 Å². The lowest BCUT2D eigenvalue weighted by atomic mass is 10.1. The van der Waals surface area contributed by atoms with Crippen molar-refractivity contribution in [2.45, 2.75) is 26.8 Å². The number of methoxy groups -OCH3 is 2. The smallest absolute Gasteiger partial charge is 0.268 e. The number of carbonyl (C=O) groups is 2. The number of carbonyl (C=O) groups excluding carboxylic acids is 2. The van der Waals surface area contributed by atoms with E-state index in [-0.39, 0.29) is 11.3 Å². The molecule has 0 aliphatic rings. The zero-order chi connectivity index (χ0) is 26.8. The summed E-state index contributed by atoms with van der Waals surface area (Å²) in [6.45, 7) is 6.61. The monoisotopic (exact) mass is 508 g/mol. The summed E-state index contributed by atoms with van der Waals surface area (Å²) < 4.78 is 27.2. The molecule has 0 aliphatic carbocycles. The molecule has 1 aromatic heterocycles. The molecule has 3 aromatic rings. The van der Waals surface area contributed by atoms with Crippen LogP contribution >= 0.6 is 0 Å². The number of rotatable bonds is 12. The summed E-state index contributed by atoms with van der Waals surface area (Å²) in [6, 6.07) is 13.2. The first kappa shape index (κ1) is 27.2. The maximum Gasteiger partial charge on any atom is 0.268 e. The van der Waals surface area contributed by atoms with Crippen molar-refractivity contribution in [2.75, 3.05) is 27.4 Å². The quantitative estimate of drug-likeness (QED) is 0.340. The van der Waals surface area contributed by atoms with E-state index in [1.807, 2.05) is 39.0 Å². The van der Waals surface area contributed by atoms with E-state index in [1.54, 1.807) is 24.3 Å². The molecule has 1 unspecified atom stereocenters. The highest BCUT2D eigenvalue weighted by Crippen LogP contribution is 2.31. The molecule has 2 N–H and O–H groups in total. The predicted molar refractivity (Wildman–Crippen MR) is 139 cm³/mol. The van der Waals surface area contributed by atoms with Gasteiger partial charge in [-0.2, -0.15) is 0 Å². The van der Waals surface area contributed by atoms with Crippen molar-refractivity contribution >= 4 is 17.9 Å². The van der Waals surface area contributed by atoms with Crippen molar-refractivity contribution in [3.05, 3.63) is 77.4 Å². The third-order valence-electron chi connectivity index (χ3n) is 5.38. The minimum atomic E-state index is -0.499. The summed E-state index contributed by atoms with van der Waals surface area (Å²) in [4.78, 5) is 26.3. The van der Waals surface area contributed by atoms with Crippen molar-refractivity contribution in [3.63, 3.8) is 0 Å². The molecule has 1 atom stereocenters. The van der Waals surface area contributed by atoms with E-state index in [2.05, 4.69) is 10.6 Å². The zero-order valence-electron chi connectivity index (χ0n) is 21.6. The van der Waals surface area contributed by atoms with Crippen LogP contribution in [-0.2, 0) is 4.79 Å². The van der Waals surface area contributed by atoms with E-state index in [0.29, 0.717) is 42.0 Å². The summed E-state index contributed by atoms with van der Waals surface area (Å²) in [7, 11) is 2.99. The second kappa shape index (κ2) is 13.1. The fraction of sp³-hybridized carbons (Fsp3) is 0.286. The second-order valence-corrected chi connectivity index (χ2v) is 7.86. The van der Waals surface area contributed by atoms with Gasteiger partial charge in [0.1, 0.15) is 11.5 Å². The second-order valence-electron chi connectivity index (χ2n) is 7.86. The molecular formula is C28H32N2O7. The number of hydrogen-bond acceptors (Lipinski definition) is 7. The molecule has 9 nitrogen and oxygen atoms in total. The van der Waals surface area contributed by atoms with Gasteiger partial charge in [-0.25, -0.2) is 0 Å². The minimum absolute atomic E-state index is 0.0116. The van der Waals surface area contributed by atoms with Gasteiger partial charge in [-0.05, 0) is 68.8 Å². The molecule has 0 fully saturated rings. The fourth-order valence-electron chi connectivity index (χ4n) is 3.54. The maximum atomic E-state index is 13.3. The van der Waals surface area contributed by atoms with Crippen LogP contribution in [0.15, 0.2) is 64.9 Å². The number of benzene rings is 2. The van der Waals surface area contributed by atoms with Crippen LogP contribution in [0.1, 0.15) is 48.5 Å². The Labute approximate surface area is 216 Å². The van der Waals surface area contributed by atoms with E-state index in [1.165, 1.54) is 32.6 Å². The van der Waals surface area contributed by atoms with Gasteiger partial charge < -0.3 is 34.0 Å². The van der Waals surface area contributed by atoms with Gasteiger partial charge in [-0.15, -0.1) is 0 Å². The van der Waals surface area contributed by atoms with Crippen LogP contribution in [0, 0.1) is 0 Å². The highest BCUT2D eigenvalue weighted by Gasteiger charge is 2.20. The Morgan fingerprint density at radius 3 is 2.27 bits per heavy atom. The van der Waals surface area contributed by atoms with Gasteiger partial charge in [0, 0.05) is 11.6 Å². The highest BCUT2D eigenvalue weighted by atomic mass is 16.5. The summed E-state index contributed by atoms with van der Waals surface area (Å²) in [5.41, 5.74) is 1.11. The van der Waals surface area contributed by atoms with Crippen LogP contribution in [-0.4, -0.2) is 39.2 Å². The SMILES string of the molecule is CCOc1ccc(C(C)NC(=O)/C(=C/c2ccco2)NC(=O)c2ccc(OC)c(OC)c2)cc1OCC. The van der Waals surface area contributed by atoms with Gasteiger partial charge >= 0.3 is 0 Å². The van der Waals surface area contributed by atoms with Gasteiger partial charge in [0.15, 0.2) is 23.0 Å². The van der Waals surface area contributed by atoms with Gasteiger partial charge in [-0.3, -0.25) is 9.59 Å². The Bertz CT molecular complexity index is 1240. The lowest BCUT2D eigenvalue weighted by Gasteiger charge is -2.19. The first-order valence-electron chi connectivity index (χ1n) is 11.9. The Morgan fingerprint density at radius 2 is 1.62 bits per heavy atom. The number of nitrogens with one attached hydrogen (secondary N) is 2. The highest BCUT2D eigenvalue weighted by molar-refractivity contribution is 6.05. The van der Waals surface area contributed by atoms with Crippen molar-refractivity contribution in [1.29, 1.82) is 0 Å². The Hall–Kier alpha value is -4.40. The van der Waals surface area contributed by atoms with E-state index in [4.69, 9.17) is 23.4 Å². The molecule has 196 valence electrons. The van der Waals surface area contributed by atoms with Crippen LogP contribution in [0.3, 0.4) is 0 Å². The topological polar surface area (TPSA) is 108 Å². The van der Waals surface area contributed by atoms with Gasteiger partial charge in [0.25, 0.3) is 11.8 Å². The molecule has 0 saturated heterocycles. The van der Waals surface area contributed by atoms with Crippen LogP contribution in [0.4, 0.5) is 0 Å². The average Bonchev–Trinajstić information content (AvgIpc) is 3.42. The average molecular weight is 509 g/mol. The molecule has 0 spiro atoms. The molecule has 2 aromatic carbocycles. The minimum Gasteiger partial charge on any atom is -0.493 e. The lowest BCUT2D eigenvalue weighted by molar-refractivity contribution is -0.118. The largest absolute Gasteiger partial charge is 0.493 e. The number of furan rings is 1. The summed E-state index contributed by atoms with van der Waals surface area (Å²) in [5.74, 6) is 1.52. The normalized spacial score (nSPS) is 11.9. The van der Waals surface area contributed by atoms with E-state index < -0.39 is 17.9 Å². The Kier molecular flexibility index (Phi) is 9.60. The first-order chi connectivity index (χ1) is 17.9. The molecule has 0 aliphatic heterocycles. The molecule has 9 heteroatoms. The van der Waals surface area contributed by atoms with Crippen molar-refractivity contribution in [3.8, 4) is 23.0 Å². The zero-order valence-corrected chi connectivity index (χ0v) is 21.6. The standard InChI is InChI=1S/C28H32N2O7/c1-6-35-24-13-10-19(15-26(24)36-7-2)18(3)29-28(32)22(17-21-9-8-14-37-21)30-27(31)20-11-12-23(33-4)25(16-20)34-5/h8-18H,6-7H2,1-5H3,(H,29,32)(H,30,31)/b22-17-. The van der Waals surface area contributed by atoms with E-state index in [0.717, 1.165) is 5.56 Å². The van der Waals surface area contributed by atoms with Crippen LogP contribution in [0.25, 0.3) is 6.08 Å². The van der Waals surface area contributed by atoms with E-state index in [9.17, 15) is 9.59 Å². The molecule has 3 rings (SSSR count). The molecule has 0 bridgehead atoms. The summed E-state index contributed by atoms with van der Waals surface area (Å²) in [5, 5.41) is 5.61. The Balaban J connectivity index is 1.83. The Morgan fingerprint density at radius 1 is 0.919 bits per heavy atom. The lowest BCUT2D eigenvalue weighted by Crippen LogP contribution is -2.36. The van der Waals surface area contributed by atoms with Crippen molar-refractivity contribution < 1.29 is 33.0 Å². The third-order valence-corrected chi connectivity index (χ3v) is 5.38. The number of ether oxygens (including phenoxy) is 4. The predicted octanol–water partition coefficient (Wildman–Crippen LogP) is 4.74. The molecular weight excluding hydrogens is 476 g/mol.